The molecule has 3 N–H and O–H groups in total. The highest BCUT2D eigenvalue weighted by Gasteiger charge is 2.32. The zero-order valence-corrected chi connectivity index (χ0v) is 12.0. The highest BCUT2D eigenvalue weighted by molar-refractivity contribution is 7.89. The molecular formula is C14H15N3O3S. The number of carbonyl (C=O) groups is 1. The van der Waals surface area contributed by atoms with Crippen LogP contribution < -0.4 is 10.5 Å². The van der Waals surface area contributed by atoms with E-state index < -0.39 is 16.1 Å². The summed E-state index contributed by atoms with van der Waals surface area (Å²) in [5.74, 6) is 0. The molecule has 1 saturated heterocycles. The van der Waals surface area contributed by atoms with E-state index in [4.69, 9.17) is 5.73 Å². The van der Waals surface area contributed by atoms with Gasteiger partial charge in [-0.05, 0) is 22.9 Å². The molecule has 0 unspecified atom stereocenters. The predicted octanol–water partition coefficient (Wildman–Crippen LogP) is 0.881. The van der Waals surface area contributed by atoms with Crippen molar-refractivity contribution in [3.05, 3.63) is 42.5 Å². The molecule has 0 aromatic heterocycles. The number of nitrogens with one attached hydrogen (secondary N) is 1. The van der Waals surface area contributed by atoms with Crippen molar-refractivity contribution in [2.75, 3.05) is 13.1 Å². The van der Waals surface area contributed by atoms with Gasteiger partial charge in [0.2, 0.25) is 10.0 Å². The van der Waals surface area contributed by atoms with Crippen LogP contribution in [-0.2, 0) is 10.0 Å². The standard InChI is InChI=1S/C14H15N3O3S/c15-14(18)17-8-12(9-17)16-21(19,20)13-6-5-10-3-1-2-4-11(10)7-13/h1-7,12,16H,8-9H2,(H2,15,18). The van der Waals surface area contributed by atoms with Crippen LogP contribution in [0.5, 0.6) is 0 Å². The molecule has 1 heterocycles. The van der Waals surface area contributed by atoms with Gasteiger partial charge in [0, 0.05) is 13.1 Å². The minimum absolute atomic E-state index is 0.221. The van der Waals surface area contributed by atoms with E-state index in [0.29, 0.717) is 13.1 Å². The molecule has 1 aliphatic rings. The fourth-order valence-corrected chi connectivity index (χ4v) is 3.61. The van der Waals surface area contributed by atoms with Gasteiger partial charge < -0.3 is 10.6 Å². The summed E-state index contributed by atoms with van der Waals surface area (Å²) in [7, 11) is -3.59. The van der Waals surface area contributed by atoms with Gasteiger partial charge in [0.05, 0.1) is 10.9 Å². The van der Waals surface area contributed by atoms with Crippen molar-refractivity contribution in [2.24, 2.45) is 5.73 Å². The molecule has 21 heavy (non-hydrogen) atoms. The minimum Gasteiger partial charge on any atom is -0.351 e. The van der Waals surface area contributed by atoms with Crippen molar-refractivity contribution in [3.63, 3.8) is 0 Å². The first-order valence-corrected chi connectivity index (χ1v) is 7.99. The Morgan fingerprint density at radius 1 is 1.14 bits per heavy atom. The van der Waals surface area contributed by atoms with Crippen LogP contribution in [0.3, 0.4) is 0 Å². The molecule has 1 aliphatic heterocycles. The van der Waals surface area contributed by atoms with Gasteiger partial charge in [0.15, 0.2) is 0 Å². The van der Waals surface area contributed by atoms with Crippen LogP contribution in [0.15, 0.2) is 47.4 Å². The third kappa shape index (κ3) is 2.70. The molecule has 110 valence electrons. The lowest BCUT2D eigenvalue weighted by Crippen LogP contribution is -2.62. The van der Waals surface area contributed by atoms with Gasteiger partial charge in [-0.1, -0.05) is 30.3 Å². The molecule has 0 bridgehead atoms. The molecular weight excluding hydrogens is 290 g/mol. The van der Waals surface area contributed by atoms with Gasteiger partial charge >= 0.3 is 6.03 Å². The van der Waals surface area contributed by atoms with E-state index in [9.17, 15) is 13.2 Å². The predicted molar refractivity (Wildman–Crippen MR) is 79.2 cm³/mol. The summed E-state index contributed by atoms with van der Waals surface area (Å²) < 4.78 is 27.2. The normalized spacial score (nSPS) is 15.9. The Bertz CT molecular complexity index is 798. The number of sulfonamides is 1. The number of benzene rings is 2. The monoisotopic (exact) mass is 305 g/mol. The van der Waals surface area contributed by atoms with Crippen LogP contribution in [0.25, 0.3) is 10.8 Å². The van der Waals surface area contributed by atoms with E-state index in [1.807, 2.05) is 24.3 Å². The Balaban J connectivity index is 1.79. The fourth-order valence-electron chi connectivity index (χ4n) is 2.36. The second kappa shape index (κ2) is 5.01. The number of nitrogens with two attached hydrogens (primary N) is 1. The van der Waals surface area contributed by atoms with Crippen LogP contribution >= 0.6 is 0 Å². The highest BCUT2D eigenvalue weighted by Crippen LogP contribution is 2.20. The molecule has 2 aromatic rings. The Labute approximate surface area is 122 Å². The molecule has 0 saturated carbocycles. The molecule has 0 radical (unpaired) electrons. The Kier molecular flexibility index (Phi) is 3.30. The van der Waals surface area contributed by atoms with Crippen molar-refractivity contribution in [2.45, 2.75) is 10.9 Å². The average Bonchev–Trinajstić information content (AvgIpc) is 2.41. The summed E-state index contributed by atoms with van der Waals surface area (Å²) in [4.78, 5) is 12.5. The molecule has 6 nitrogen and oxygen atoms in total. The van der Waals surface area contributed by atoms with E-state index in [2.05, 4.69) is 4.72 Å². The van der Waals surface area contributed by atoms with E-state index in [1.165, 1.54) is 4.90 Å². The Hall–Kier alpha value is -2.12. The molecule has 0 aliphatic carbocycles. The first kappa shape index (κ1) is 13.8. The van der Waals surface area contributed by atoms with Crippen molar-refractivity contribution < 1.29 is 13.2 Å². The summed E-state index contributed by atoms with van der Waals surface area (Å²) >= 11 is 0. The number of rotatable bonds is 3. The van der Waals surface area contributed by atoms with Gasteiger partial charge in [0.25, 0.3) is 0 Å². The van der Waals surface area contributed by atoms with Crippen LogP contribution in [-0.4, -0.2) is 38.5 Å². The van der Waals surface area contributed by atoms with Crippen molar-refractivity contribution in [1.29, 1.82) is 0 Å². The van der Waals surface area contributed by atoms with Crippen LogP contribution in [0.2, 0.25) is 0 Å². The smallest absolute Gasteiger partial charge is 0.314 e. The maximum Gasteiger partial charge on any atom is 0.314 e. The summed E-state index contributed by atoms with van der Waals surface area (Å²) in [5, 5.41) is 1.85. The number of primary amides is 1. The topological polar surface area (TPSA) is 92.5 Å². The van der Waals surface area contributed by atoms with Crippen molar-refractivity contribution >= 4 is 26.8 Å². The zero-order chi connectivity index (χ0) is 15.0. The third-order valence-electron chi connectivity index (χ3n) is 3.55. The molecule has 0 atom stereocenters. The van der Waals surface area contributed by atoms with Crippen LogP contribution in [0.4, 0.5) is 4.79 Å². The average molecular weight is 305 g/mol. The maximum absolute atomic E-state index is 12.3. The zero-order valence-electron chi connectivity index (χ0n) is 11.2. The third-order valence-corrected chi connectivity index (χ3v) is 5.06. The second-order valence-electron chi connectivity index (χ2n) is 5.07. The molecule has 0 spiro atoms. The first-order chi connectivity index (χ1) is 9.95. The first-order valence-electron chi connectivity index (χ1n) is 6.51. The fraction of sp³-hybridized carbons (Fsp3) is 0.214. The van der Waals surface area contributed by atoms with Crippen molar-refractivity contribution in [1.82, 2.24) is 9.62 Å². The SMILES string of the molecule is NC(=O)N1CC(NS(=O)(=O)c2ccc3ccccc3c2)C1. The van der Waals surface area contributed by atoms with Crippen LogP contribution in [0, 0.1) is 0 Å². The van der Waals surface area contributed by atoms with Crippen molar-refractivity contribution in [3.8, 4) is 0 Å². The summed E-state index contributed by atoms with van der Waals surface area (Å²) in [6.07, 6.45) is 0. The van der Waals surface area contributed by atoms with E-state index >= 15 is 0 Å². The van der Waals surface area contributed by atoms with Gasteiger partial charge in [-0.3, -0.25) is 0 Å². The lowest BCUT2D eigenvalue weighted by molar-refractivity contribution is 0.155. The number of amides is 2. The quantitative estimate of drug-likeness (QED) is 0.881. The number of urea groups is 1. The van der Waals surface area contributed by atoms with Gasteiger partial charge in [-0.15, -0.1) is 0 Å². The lowest BCUT2D eigenvalue weighted by atomic mass is 10.1. The molecule has 2 amide bonds. The Morgan fingerprint density at radius 3 is 2.48 bits per heavy atom. The summed E-state index contributed by atoms with van der Waals surface area (Å²) in [6.45, 7) is 0.615. The lowest BCUT2D eigenvalue weighted by Gasteiger charge is -2.37. The van der Waals surface area contributed by atoms with Crippen LogP contribution in [0.1, 0.15) is 0 Å². The summed E-state index contributed by atoms with van der Waals surface area (Å²) in [6, 6.07) is 11.7. The number of carbonyl (C=O) groups excluding carboxylic acids is 1. The van der Waals surface area contributed by atoms with E-state index in [1.54, 1.807) is 18.2 Å². The second-order valence-corrected chi connectivity index (χ2v) is 6.78. The number of fused-ring (bicyclic) bond motifs is 1. The number of hydrogen-bond donors (Lipinski definition) is 2. The molecule has 1 fully saturated rings. The van der Waals surface area contributed by atoms with Gasteiger partial charge in [-0.2, -0.15) is 0 Å². The van der Waals surface area contributed by atoms with E-state index in [0.717, 1.165) is 10.8 Å². The largest absolute Gasteiger partial charge is 0.351 e. The minimum atomic E-state index is -3.59. The molecule has 7 heteroatoms. The molecule has 3 rings (SSSR count). The number of nitrogens with zero attached hydrogens (tertiary/aromatic N) is 1. The molecule has 2 aromatic carbocycles. The van der Waals surface area contributed by atoms with Gasteiger partial charge in [0.1, 0.15) is 0 Å². The Morgan fingerprint density at radius 2 is 1.81 bits per heavy atom. The van der Waals surface area contributed by atoms with Gasteiger partial charge in [-0.25, -0.2) is 17.9 Å². The summed E-state index contributed by atoms with van der Waals surface area (Å²) in [5.41, 5.74) is 5.11. The number of likely N-dealkylation sites (tertiary alicyclic amines) is 1. The number of hydrogen-bond acceptors (Lipinski definition) is 3. The highest BCUT2D eigenvalue weighted by atomic mass is 32.2. The van der Waals surface area contributed by atoms with E-state index in [-0.39, 0.29) is 10.9 Å². The maximum atomic E-state index is 12.3.